The fourth-order valence-electron chi connectivity index (χ4n) is 2.02. The lowest BCUT2D eigenvalue weighted by molar-refractivity contribution is -0.171. The Balaban J connectivity index is 1.92. The highest BCUT2D eigenvalue weighted by atomic mass is 19.4. The summed E-state index contributed by atoms with van der Waals surface area (Å²) in [5.74, 6) is -0.768. The molecule has 2 aliphatic rings. The van der Waals surface area contributed by atoms with Gasteiger partial charge < -0.3 is 10.6 Å². The smallest absolute Gasteiger partial charge is 0.342 e. The van der Waals surface area contributed by atoms with Gasteiger partial charge in [0, 0.05) is 6.54 Å². The summed E-state index contributed by atoms with van der Waals surface area (Å²) in [5, 5.41) is 5.19. The van der Waals surface area contributed by atoms with Crippen LogP contribution in [-0.2, 0) is 4.79 Å². The minimum atomic E-state index is -4.31. The van der Waals surface area contributed by atoms with Crippen LogP contribution >= 0.6 is 0 Å². The molecular formula is C10H15F3N2O. The summed E-state index contributed by atoms with van der Waals surface area (Å²) in [7, 11) is 0. The number of nitrogens with one attached hydrogen (secondary N) is 2. The largest absolute Gasteiger partial charge is 0.411 e. The van der Waals surface area contributed by atoms with Crippen LogP contribution in [0.15, 0.2) is 0 Å². The Hall–Kier alpha value is -0.780. The van der Waals surface area contributed by atoms with Crippen LogP contribution in [0.3, 0.4) is 0 Å². The number of amides is 1. The second-order valence-electron chi connectivity index (χ2n) is 4.61. The molecule has 0 spiro atoms. The molecule has 92 valence electrons. The lowest BCUT2D eigenvalue weighted by Gasteiger charge is -2.26. The number of piperidine rings is 1. The zero-order valence-corrected chi connectivity index (χ0v) is 8.86. The number of hydrogen-bond donors (Lipinski definition) is 2. The summed E-state index contributed by atoms with van der Waals surface area (Å²) in [6.45, 7) is 1.33. The number of hydrogen-bond acceptors (Lipinski definition) is 2. The van der Waals surface area contributed by atoms with Crippen LogP contribution in [0.25, 0.3) is 0 Å². The van der Waals surface area contributed by atoms with E-state index < -0.39 is 17.6 Å². The predicted molar refractivity (Wildman–Crippen MR) is 51.8 cm³/mol. The van der Waals surface area contributed by atoms with Crippen LogP contribution in [0.5, 0.6) is 0 Å². The minimum Gasteiger partial charge on any atom is -0.342 e. The molecule has 1 saturated heterocycles. The van der Waals surface area contributed by atoms with Gasteiger partial charge in [0.05, 0.1) is 5.92 Å². The third-order valence-corrected chi connectivity index (χ3v) is 3.32. The van der Waals surface area contributed by atoms with Gasteiger partial charge in [-0.15, -0.1) is 0 Å². The molecule has 0 unspecified atom stereocenters. The van der Waals surface area contributed by atoms with Gasteiger partial charge in [0.15, 0.2) is 0 Å². The van der Waals surface area contributed by atoms with Crippen molar-refractivity contribution >= 4 is 5.91 Å². The van der Waals surface area contributed by atoms with Crippen molar-refractivity contribution in [2.24, 2.45) is 5.92 Å². The normalized spacial score (nSPS) is 28.6. The fourth-order valence-corrected chi connectivity index (χ4v) is 2.02. The number of rotatable bonds is 2. The first-order valence-electron chi connectivity index (χ1n) is 5.54. The summed E-state index contributed by atoms with van der Waals surface area (Å²) < 4.78 is 37.8. The SMILES string of the molecule is O=C(NC1(C(F)(F)F)CC1)[C@@H]1CCCNC1. The summed E-state index contributed by atoms with van der Waals surface area (Å²) in [4.78, 5) is 11.6. The molecule has 1 atom stereocenters. The van der Waals surface area contributed by atoms with Crippen molar-refractivity contribution in [2.45, 2.75) is 37.4 Å². The molecule has 3 nitrogen and oxygen atoms in total. The van der Waals surface area contributed by atoms with E-state index in [4.69, 9.17) is 0 Å². The highest BCUT2D eigenvalue weighted by Gasteiger charge is 2.64. The van der Waals surface area contributed by atoms with Crippen molar-refractivity contribution in [3.8, 4) is 0 Å². The fraction of sp³-hybridized carbons (Fsp3) is 0.900. The van der Waals surface area contributed by atoms with E-state index in [0.29, 0.717) is 13.0 Å². The molecule has 1 aliphatic heterocycles. The lowest BCUT2D eigenvalue weighted by Crippen LogP contribution is -2.51. The molecule has 2 N–H and O–H groups in total. The monoisotopic (exact) mass is 236 g/mol. The van der Waals surface area contributed by atoms with Gasteiger partial charge in [-0.2, -0.15) is 13.2 Å². The Bertz CT molecular complexity index is 280. The summed E-state index contributed by atoms with van der Waals surface area (Å²) >= 11 is 0. The first-order valence-corrected chi connectivity index (χ1v) is 5.54. The van der Waals surface area contributed by atoms with Crippen molar-refractivity contribution in [1.29, 1.82) is 0 Å². The van der Waals surface area contributed by atoms with Crippen LogP contribution in [0.2, 0.25) is 0 Å². The van der Waals surface area contributed by atoms with E-state index in [1.807, 2.05) is 0 Å². The molecule has 16 heavy (non-hydrogen) atoms. The average Bonchev–Trinajstić information content (AvgIpc) is 2.99. The minimum absolute atomic E-state index is 0.0163. The standard InChI is InChI=1S/C10H15F3N2O/c11-10(12,13)9(3-4-9)15-8(16)7-2-1-5-14-6-7/h7,14H,1-6H2,(H,15,16)/t7-/m1/s1. The molecule has 1 saturated carbocycles. The Morgan fingerprint density at radius 2 is 2.06 bits per heavy atom. The zero-order valence-electron chi connectivity index (χ0n) is 8.86. The van der Waals surface area contributed by atoms with Gasteiger partial charge in [0.25, 0.3) is 0 Å². The molecule has 0 radical (unpaired) electrons. The van der Waals surface area contributed by atoms with Gasteiger partial charge >= 0.3 is 6.18 Å². The van der Waals surface area contributed by atoms with E-state index in [1.54, 1.807) is 0 Å². The third-order valence-electron chi connectivity index (χ3n) is 3.32. The van der Waals surface area contributed by atoms with Gasteiger partial charge in [-0.3, -0.25) is 4.79 Å². The number of alkyl halides is 3. The Morgan fingerprint density at radius 1 is 1.38 bits per heavy atom. The maximum atomic E-state index is 12.6. The van der Waals surface area contributed by atoms with Gasteiger partial charge in [-0.1, -0.05) is 0 Å². The topological polar surface area (TPSA) is 41.1 Å². The molecule has 0 aromatic carbocycles. The van der Waals surface area contributed by atoms with E-state index in [-0.39, 0.29) is 18.8 Å². The van der Waals surface area contributed by atoms with Crippen molar-refractivity contribution in [3.05, 3.63) is 0 Å². The van der Waals surface area contributed by atoms with Crippen molar-refractivity contribution < 1.29 is 18.0 Å². The second kappa shape index (κ2) is 3.91. The van der Waals surface area contributed by atoms with E-state index in [0.717, 1.165) is 13.0 Å². The molecule has 0 aromatic heterocycles. The highest BCUT2D eigenvalue weighted by molar-refractivity contribution is 5.80. The van der Waals surface area contributed by atoms with Gasteiger partial charge in [-0.05, 0) is 32.2 Å². The van der Waals surface area contributed by atoms with E-state index in [1.165, 1.54) is 0 Å². The molecule has 0 aromatic rings. The van der Waals surface area contributed by atoms with E-state index in [2.05, 4.69) is 10.6 Å². The average molecular weight is 236 g/mol. The quantitative estimate of drug-likeness (QED) is 0.756. The van der Waals surface area contributed by atoms with Crippen LogP contribution in [-0.4, -0.2) is 30.7 Å². The van der Waals surface area contributed by atoms with Crippen LogP contribution in [0, 0.1) is 5.92 Å². The van der Waals surface area contributed by atoms with Crippen molar-refractivity contribution in [2.75, 3.05) is 13.1 Å². The van der Waals surface area contributed by atoms with E-state index in [9.17, 15) is 18.0 Å². The number of carbonyl (C=O) groups excluding carboxylic acids is 1. The Morgan fingerprint density at radius 3 is 2.50 bits per heavy atom. The lowest BCUT2D eigenvalue weighted by atomic mass is 9.98. The Kier molecular flexibility index (Phi) is 2.86. The number of halogens is 3. The molecule has 2 fully saturated rings. The molecule has 1 heterocycles. The van der Waals surface area contributed by atoms with Gasteiger partial charge in [0.2, 0.25) is 5.91 Å². The molecule has 0 bridgehead atoms. The molecular weight excluding hydrogens is 221 g/mol. The second-order valence-corrected chi connectivity index (χ2v) is 4.61. The van der Waals surface area contributed by atoms with Crippen molar-refractivity contribution in [3.63, 3.8) is 0 Å². The maximum Gasteiger partial charge on any atom is 0.411 e. The van der Waals surface area contributed by atoms with Crippen LogP contribution in [0.4, 0.5) is 13.2 Å². The van der Waals surface area contributed by atoms with E-state index >= 15 is 0 Å². The number of carbonyl (C=O) groups is 1. The summed E-state index contributed by atoms with van der Waals surface area (Å²) in [5.41, 5.74) is -1.92. The Labute approximate surface area is 91.8 Å². The van der Waals surface area contributed by atoms with Crippen molar-refractivity contribution in [1.82, 2.24) is 10.6 Å². The third kappa shape index (κ3) is 2.16. The van der Waals surface area contributed by atoms with Crippen LogP contribution < -0.4 is 10.6 Å². The van der Waals surface area contributed by atoms with Crippen LogP contribution in [0.1, 0.15) is 25.7 Å². The van der Waals surface area contributed by atoms with Gasteiger partial charge in [0.1, 0.15) is 5.54 Å². The molecule has 2 rings (SSSR count). The summed E-state index contributed by atoms with van der Waals surface area (Å²) in [6.07, 6.45) is -2.76. The molecule has 1 amide bonds. The summed E-state index contributed by atoms with van der Waals surface area (Å²) in [6, 6.07) is 0. The maximum absolute atomic E-state index is 12.6. The first-order chi connectivity index (χ1) is 7.45. The first kappa shape index (κ1) is 11.7. The molecule has 6 heteroatoms. The predicted octanol–water partition coefficient (Wildman–Crippen LogP) is 1.20. The molecule has 1 aliphatic carbocycles. The highest BCUT2D eigenvalue weighted by Crippen LogP contribution is 2.49. The van der Waals surface area contributed by atoms with Gasteiger partial charge in [-0.25, -0.2) is 0 Å². The zero-order chi connectivity index (χ0) is 11.8.